The van der Waals surface area contributed by atoms with Gasteiger partial charge in [-0.1, -0.05) is 0 Å². The second kappa shape index (κ2) is 6.44. The van der Waals surface area contributed by atoms with Crippen LogP contribution < -0.4 is 5.32 Å². The molecule has 1 aromatic rings. The summed E-state index contributed by atoms with van der Waals surface area (Å²) in [6.07, 6.45) is 3.15. The van der Waals surface area contributed by atoms with Crippen LogP contribution in [-0.2, 0) is 0 Å². The summed E-state index contributed by atoms with van der Waals surface area (Å²) in [4.78, 5) is 29.2. The highest BCUT2D eigenvalue weighted by Crippen LogP contribution is 2.20. The molecule has 0 saturated carbocycles. The van der Waals surface area contributed by atoms with Gasteiger partial charge in [-0.15, -0.1) is 0 Å². The van der Waals surface area contributed by atoms with E-state index < -0.39 is 5.97 Å². The van der Waals surface area contributed by atoms with Crippen LogP contribution in [-0.4, -0.2) is 51.5 Å². The van der Waals surface area contributed by atoms with E-state index in [1.165, 1.54) is 18.3 Å². The lowest BCUT2D eigenvalue weighted by Gasteiger charge is -2.41. The highest BCUT2D eigenvalue weighted by molar-refractivity contribution is 5.96. The predicted octanol–water partition coefficient (Wildman–Crippen LogP) is 1.77. The number of aromatic carboxylic acids is 1. The largest absolute Gasteiger partial charge is 0.477 e. The van der Waals surface area contributed by atoms with E-state index >= 15 is 0 Å². The van der Waals surface area contributed by atoms with Gasteiger partial charge >= 0.3 is 5.97 Å². The molecule has 6 nitrogen and oxygen atoms in total. The SMILES string of the molecule is CC(C)(C)N1CCC(NC(=O)c2ccnc(C(=O)O)c2)CC1. The normalized spacial score (nSPS) is 17.2. The Balaban J connectivity index is 1.94. The van der Waals surface area contributed by atoms with Crippen LogP contribution in [0.4, 0.5) is 0 Å². The molecule has 1 fully saturated rings. The van der Waals surface area contributed by atoms with E-state index in [0.29, 0.717) is 5.56 Å². The van der Waals surface area contributed by atoms with Crippen molar-refractivity contribution in [3.8, 4) is 0 Å². The number of amides is 1. The third-order valence-corrected chi connectivity index (χ3v) is 4.02. The number of carbonyl (C=O) groups is 2. The number of piperidine rings is 1. The lowest BCUT2D eigenvalue weighted by Crippen LogP contribution is -2.50. The zero-order valence-electron chi connectivity index (χ0n) is 13.3. The lowest BCUT2D eigenvalue weighted by atomic mass is 9.98. The van der Waals surface area contributed by atoms with Crippen LogP contribution in [0, 0.1) is 0 Å². The number of carbonyl (C=O) groups excluding carboxylic acids is 1. The molecule has 1 aliphatic rings. The summed E-state index contributed by atoms with van der Waals surface area (Å²) in [5.41, 5.74) is 0.372. The van der Waals surface area contributed by atoms with Crippen molar-refractivity contribution in [1.82, 2.24) is 15.2 Å². The molecule has 1 aliphatic heterocycles. The number of carboxylic acid groups (broad SMARTS) is 1. The molecule has 0 unspecified atom stereocenters. The minimum absolute atomic E-state index is 0.116. The standard InChI is InChI=1S/C16H23N3O3/c1-16(2,3)19-8-5-12(6-9-19)18-14(20)11-4-7-17-13(10-11)15(21)22/h4,7,10,12H,5-6,8-9H2,1-3H3,(H,18,20)(H,21,22). The van der Waals surface area contributed by atoms with E-state index in [2.05, 4.69) is 36.0 Å². The van der Waals surface area contributed by atoms with Gasteiger partial charge in [0.1, 0.15) is 5.69 Å². The number of rotatable bonds is 3. The number of aromatic nitrogens is 1. The molecule has 1 amide bonds. The van der Waals surface area contributed by atoms with Gasteiger partial charge in [0.05, 0.1) is 0 Å². The van der Waals surface area contributed by atoms with E-state index in [-0.39, 0.29) is 23.2 Å². The summed E-state index contributed by atoms with van der Waals surface area (Å²) >= 11 is 0. The summed E-state index contributed by atoms with van der Waals surface area (Å²) in [5.74, 6) is -1.37. The van der Waals surface area contributed by atoms with Crippen molar-refractivity contribution in [2.75, 3.05) is 13.1 Å². The third kappa shape index (κ3) is 4.04. The zero-order chi connectivity index (χ0) is 16.3. The van der Waals surface area contributed by atoms with E-state index in [9.17, 15) is 9.59 Å². The number of nitrogens with zero attached hydrogens (tertiary/aromatic N) is 2. The maximum atomic E-state index is 12.2. The van der Waals surface area contributed by atoms with Gasteiger partial charge in [0, 0.05) is 36.4 Å². The van der Waals surface area contributed by atoms with Gasteiger partial charge in [0.2, 0.25) is 0 Å². The van der Waals surface area contributed by atoms with Gasteiger partial charge in [-0.05, 0) is 45.7 Å². The molecule has 1 aromatic heterocycles. The Morgan fingerprint density at radius 3 is 2.50 bits per heavy atom. The average Bonchev–Trinajstić information content (AvgIpc) is 2.47. The van der Waals surface area contributed by atoms with Crippen molar-refractivity contribution < 1.29 is 14.7 Å². The minimum atomic E-state index is -1.13. The van der Waals surface area contributed by atoms with Crippen LogP contribution in [0.25, 0.3) is 0 Å². The number of likely N-dealkylation sites (tertiary alicyclic amines) is 1. The van der Waals surface area contributed by atoms with Gasteiger partial charge in [-0.3, -0.25) is 9.69 Å². The first-order valence-electron chi connectivity index (χ1n) is 7.52. The number of hydrogen-bond acceptors (Lipinski definition) is 4. The van der Waals surface area contributed by atoms with Crippen molar-refractivity contribution in [3.05, 3.63) is 29.6 Å². The van der Waals surface area contributed by atoms with Gasteiger partial charge in [-0.25, -0.2) is 9.78 Å². The first-order valence-corrected chi connectivity index (χ1v) is 7.52. The van der Waals surface area contributed by atoms with Crippen LogP contribution in [0.1, 0.15) is 54.5 Å². The molecule has 120 valence electrons. The van der Waals surface area contributed by atoms with Crippen LogP contribution in [0.2, 0.25) is 0 Å². The maximum absolute atomic E-state index is 12.2. The molecule has 0 bridgehead atoms. The van der Waals surface area contributed by atoms with Crippen LogP contribution in [0.3, 0.4) is 0 Å². The first kappa shape index (κ1) is 16.4. The Labute approximate surface area is 130 Å². The van der Waals surface area contributed by atoms with E-state index in [1.807, 2.05) is 0 Å². The molecule has 6 heteroatoms. The molecule has 0 aromatic carbocycles. The smallest absolute Gasteiger partial charge is 0.354 e. The fourth-order valence-corrected chi connectivity index (χ4v) is 2.65. The Hall–Kier alpha value is -1.95. The average molecular weight is 305 g/mol. The second-order valence-corrected chi connectivity index (χ2v) is 6.64. The van der Waals surface area contributed by atoms with Gasteiger partial charge in [0.25, 0.3) is 5.91 Å². The molecule has 0 spiro atoms. The summed E-state index contributed by atoms with van der Waals surface area (Å²) in [6.45, 7) is 8.47. The molecule has 0 atom stereocenters. The van der Waals surface area contributed by atoms with Gasteiger partial charge in [-0.2, -0.15) is 0 Å². The molecule has 0 radical (unpaired) electrons. The summed E-state index contributed by atoms with van der Waals surface area (Å²) in [7, 11) is 0. The second-order valence-electron chi connectivity index (χ2n) is 6.64. The molecule has 2 N–H and O–H groups in total. The van der Waals surface area contributed by atoms with Crippen LogP contribution in [0.15, 0.2) is 18.3 Å². The minimum Gasteiger partial charge on any atom is -0.477 e. The van der Waals surface area contributed by atoms with Crippen molar-refractivity contribution in [1.29, 1.82) is 0 Å². The molecule has 2 heterocycles. The Bertz CT molecular complexity index is 558. The summed E-state index contributed by atoms with van der Waals surface area (Å²) < 4.78 is 0. The molecule has 1 saturated heterocycles. The lowest BCUT2D eigenvalue weighted by molar-refractivity contribution is 0.0690. The number of carboxylic acids is 1. The van der Waals surface area contributed by atoms with Gasteiger partial charge in [0.15, 0.2) is 0 Å². The van der Waals surface area contributed by atoms with E-state index in [0.717, 1.165) is 25.9 Å². The fourth-order valence-electron chi connectivity index (χ4n) is 2.65. The Morgan fingerprint density at radius 2 is 1.95 bits per heavy atom. The molecule has 22 heavy (non-hydrogen) atoms. The van der Waals surface area contributed by atoms with Crippen molar-refractivity contribution >= 4 is 11.9 Å². The Kier molecular flexibility index (Phi) is 4.81. The quantitative estimate of drug-likeness (QED) is 0.889. The third-order valence-electron chi connectivity index (χ3n) is 4.02. The first-order chi connectivity index (χ1) is 10.3. The number of hydrogen-bond donors (Lipinski definition) is 2. The topological polar surface area (TPSA) is 82.5 Å². The highest BCUT2D eigenvalue weighted by atomic mass is 16.4. The fraction of sp³-hybridized carbons (Fsp3) is 0.562. The van der Waals surface area contributed by atoms with Crippen LogP contribution in [0.5, 0.6) is 0 Å². The van der Waals surface area contributed by atoms with Crippen molar-refractivity contribution in [2.24, 2.45) is 0 Å². The summed E-state index contributed by atoms with van der Waals surface area (Å²) in [6, 6.07) is 2.97. The molecule has 2 rings (SSSR count). The highest BCUT2D eigenvalue weighted by Gasteiger charge is 2.27. The maximum Gasteiger partial charge on any atom is 0.354 e. The predicted molar refractivity (Wildman–Crippen MR) is 83.0 cm³/mol. The monoisotopic (exact) mass is 305 g/mol. The van der Waals surface area contributed by atoms with Crippen molar-refractivity contribution in [3.63, 3.8) is 0 Å². The molecular formula is C16H23N3O3. The molecular weight excluding hydrogens is 282 g/mol. The van der Waals surface area contributed by atoms with Crippen molar-refractivity contribution in [2.45, 2.75) is 45.2 Å². The van der Waals surface area contributed by atoms with E-state index in [4.69, 9.17) is 5.11 Å². The number of nitrogens with one attached hydrogen (secondary N) is 1. The van der Waals surface area contributed by atoms with Gasteiger partial charge < -0.3 is 10.4 Å². The Morgan fingerprint density at radius 1 is 1.32 bits per heavy atom. The van der Waals surface area contributed by atoms with E-state index in [1.54, 1.807) is 0 Å². The summed E-state index contributed by atoms with van der Waals surface area (Å²) in [5, 5.41) is 11.9. The number of pyridine rings is 1. The van der Waals surface area contributed by atoms with Crippen LogP contribution >= 0.6 is 0 Å². The molecule has 0 aliphatic carbocycles. The zero-order valence-corrected chi connectivity index (χ0v) is 13.3.